The number of anilines is 3. The summed E-state index contributed by atoms with van der Waals surface area (Å²) in [5, 5.41) is 4.45. The zero-order valence-corrected chi connectivity index (χ0v) is 16.6. The molecule has 0 aliphatic carbocycles. The van der Waals surface area contributed by atoms with Crippen LogP contribution in [0.3, 0.4) is 0 Å². The van der Waals surface area contributed by atoms with E-state index in [0.717, 1.165) is 28.1 Å². The molecule has 3 heterocycles. The third kappa shape index (κ3) is 4.21. The van der Waals surface area contributed by atoms with Gasteiger partial charge in [0.2, 0.25) is 5.95 Å². The fraction of sp³-hybridized carbons (Fsp3) is 0.333. The number of fused-ring (bicyclic) bond motifs is 1. The molecule has 2 aromatic heterocycles. The number of nitrogens with one attached hydrogen (secondary N) is 1. The van der Waals surface area contributed by atoms with Gasteiger partial charge in [-0.15, -0.1) is 0 Å². The van der Waals surface area contributed by atoms with Crippen molar-refractivity contribution in [1.82, 2.24) is 19.9 Å². The van der Waals surface area contributed by atoms with Crippen LogP contribution in [0.25, 0.3) is 10.9 Å². The Labute approximate surface area is 169 Å². The SMILES string of the molecule is CCOC(=O)N1CCN(c2nc(C)cc(Nc3cccc4cccnc34)n2)CC1. The number of para-hydroxylation sites is 1. The van der Waals surface area contributed by atoms with Gasteiger partial charge in [-0.05, 0) is 26.0 Å². The van der Waals surface area contributed by atoms with Crippen molar-refractivity contribution in [3.05, 3.63) is 48.3 Å². The molecular weight excluding hydrogens is 368 g/mol. The zero-order valence-electron chi connectivity index (χ0n) is 16.6. The summed E-state index contributed by atoms with van der Waals surface area (Å²) in [5.41, 5.74) is 2.67. The first-order valence-electron chi connectivity index (χ1n) is 9.77. The molecule has 1 saturated heterocycles. The Bertz CT molecular complexity index is 1010. The highest BCUT2D eigenvalue weighted by Crippen LogP contribution is 2.25. The molecule has 1 amide bonds. The van der Waals surface area contributed by atoms with E-state index in [0.29, 0.717) is 38.7 Å². The number of hydrogen-bond acceptors (Lipinski definition) is 7. The summed E-state index contributed by atoms with van der Waals surface area (Å²) in [7, 11) is 0. The molecule has 1 aromatic carbocycles. The topological polar surface area (TPSA) is 83.5 Å². The zero-order chi connectivity index (χ0) is 20.2. The number of ether oxygens (including phenoxy) is 1. The molecule has 0 saturated carbocycles. The lowest BCUT2D eigenvalue weighted by Gasteiger charge is -2.34. The molecular formula is C21H24N6O2. The minimum Gasteiger partial charge on any atom is -0.450 e. The van der Waals surface area contributed by atoms with Crippen LogP contribution >= 0.6 is 0 Å². The fourth-order valence-corrected chi connectivity index (χ4v) is 3.41. The maximum absolute atomic E-state index is 11.9. The Kier molecular flexibility index (Phi) is 5.41. The molecule has 150 valence electrons. The van der Waals surface area contributed by atoms with Crippen molar-refractivity contribution in [2.75, 3.05) is 43.0 Å². The predicted molar refractivity (Wildman–Crippen MR) is 113 cm³/mol. The van der Waals surface area contributed by atoms with Crippen LogP contribution in [0.1, 0.15) is 12.6 Å². The maximum Gasteiger partial charge on any atom is 0.409 e. The van der Waals surface area contributed by atoms with Gasteiger partial charge in [-0.2, -0.15) is 4.98 Å². The summed E-state index contributed by atoms with van der Waals surface area (Å²) in [5.74, 6) is 1.38. The van der Waals surface area contributed by atoms with Gasteiger partial charge in [0, 0.05) is 49.5 Å². The fourth-order valence-electron chi connectivity index (χ4n) is 3.41. The molecule has 1 aliphatic heterocycles. The van der Waals surface area contributed by atoms with E-state index in [2.05, 4.69) is 20.2 Å². The van der Waals surface area contributed by atoms with Gasteiger partial charge in [-0.3, -0.25) is 4.98 Å². The van der Waals surface area contributed by atoms with E-state index in [1.165, 1.54) is 0 Å². The average molecular weight is 392 g/mol. The number of hydrogen-bond donors (Lipinski definition) is 1. The van der Waals surface area contributed by atoms with E-state index >= 15 is 0 Å². The number of aryl methyl sites for hydroxylation is 1. The standard InChI is InChI=1S/C21H24N6O2/c1-3-29-21(28)27-12-10-26(11-13-27)20-23-15(2)14-18(25-20)24-17-8-4-6-16-7-5-9-22-19(16)17/h4-9,14H,3,10-13H2,1-2H3,(H,23,24,25). The molecule has 0 spiro atoms. The molecule has 1 N–H and O–H groups in total. The molecule has 1 fully saturated rings. The summed E-state index contributed by atoms with van der Waals surface area (Å²) in [4.78, 5) is 29.5. The monoisotopic (exact) mass is 392 g/mol. The smallest absolute Gasteiger partial charge is 0.409 e. The highest BCUT2D eigenvalue weighted by atomic mass is 16.6. The summed E-state index contributed by atoms with van der Waals surface area (Å²) < 4.78 is 5.08. The van der Waals surface area contributed by atoms with Crippen molar-refractivity contribution in [2.24, 2.45) is 0 Å². The number of pyridine rings is 1. The number of piperazine rings is 1. The van der Waals surface area contributed by atoms with Gasteiger partial charge in [0.25, 0.3) is 0 Å². The van der Waals surface area contributed by atoms with E-state index in [4.69, 9.17) is 9.72 Å². The Hall–Kier alpha value is -3.42. The van der Waals surface area contributed by atoms with Crippen molar-refractivity contribution in [2.45, 2.75) is 13.8 Å². The van der Waals surface area contributed by atoms with E-state index in [-0.39, 0.29) is 6.09 Å². The number of carbonyl (C=O) groups excluding carboxylic acids is 1. The third-order valence-electron chi connectivity index (χ3n) is 4.83. The van der Waals surface area contributed by atoms with Crippen LogP contribution < -0.4 is 10.2 Å². The lowest BCUT2D eigenvalue weighted by Crippen LogP contribution is -2.49. The Morgan fingerprint density at radius 2 is 1.93 bits per heavy atom. The number of aromatic nitrogens is 3. The second-order valence-electron chi connectivity index (χ2n) is 6.87. The van der Waals surface area contributed by atoms with Gasteiger partial charge in [0.1, 0.15) is 5.82 Å². The quantitative estimate of drug-likeness (QED) is 0.729. The number of nitrogens with zero attached hydrogens (tertiary/aromatic N) is 5. The molecule has 0 unspecified atom stereocenters. The lowest BCUT2D eigenvalue weighted by molar-refractivity contribution is 0.105. The Morgan fingerprint density at radius 3 is 2.72 bits per heavy atom. The van der Waals surface area contributed by atoms with Crippen molar-refractivity contribution >= 4 is 34.4 Å². The largest absolute Gasteiger partial charge is 0.450 e. The van der Waals surface area contributed by atoms with Crippen LogP contribution in [0.4, 0.5) is 22.2 Å². The van der Waals surface area contributed by atoms with Crippen molar-refractivity contribution in [3.8, 4) is 0 Å². The second-order valence-corrected chi connectivity index (χ2v) is 6.87. The highest BCUT2D eigenvalue weighted by molar-refractivity contribution is 5.91. The lowest BCUT2D eigenvalue weighted by atomic mass is 10.2. The predicted octanol–water partition coefficient (Wildman–Crippen LogP) is 3.36. The highest BCUT2D eigenvalue weighted by Gasteiger charge is 2.23. The first kappa shape index (κ1) is 18.9. The molecule has 0 atom stereocenters. The van der Waals surface area contributed by atoms with Crippen molar-refractivity contribution in [1.29, 1.82) is 0 Å². The van der Waals surface area contributed by atoms with Gasteiger partial charge in [-0.25, -0.2) is 9.78 Å². The summed E-state index contributed by atoms with van der Waals surface area (Å²) in [6.45, 7) is 6.66. The molecule has 8 nitrogen and oxygen atoms in total. The van der Waals surface area contributed by atoms with Crippen LogP contribution in [0.15, 0.2) is 42.6 Å². The van der Waals surface area contributed by atoms with Crippen LogP contribution in [0, 0.1) is 6.92 Å². The van der Waals surface area contributed by atoms with E-state index in [1.54, 1.807) is 11.1 Å². The number of benzene rings is 1. The molecule has 3 aromatic rings. The molecule has 0 bridgehead atoms. The summed E-state index contributed by atoms with van der Waals surface area (Å²) in [6, 6.07) is 11.9. The number of rotatable bonds is 4. The molecule has 8 heteroatoms. The van der Waals surface area contributed by atoms with E-state index in [1.807, 2.05) is 50.2 Å². The van der Waals surface area contributed by atoms with Crippen molar-refractivity contribution < 1.29 is 9.53 Å². The van der Waals surface area contributed by atoms with Gasteiger partial charge in [0.15, 0.2) is 0 Å². The summed E-state index contributed by atoms with van der Waals surface area (Å²) in [6.07, 6.45) is 1.52. The van der Waals surface area contributed by atoms with Crippen LogP contribution in [0.5, 0.6) is 0 Å². The Balaban J connectivity index is 1.52. The maximum atomic E-state index is 11.9. The molecule has 0 radical (unpaired) electrons. The van der Waals surface area contributed by atoms with Crippen LogP contribution in [0.2, 0.25) is 0 Å². The van der Waals surface area contributed by atoms with E-state index in [9.17, 15) is 4.79 Å². The number of amides is 1. The van der Waals surface area contributed by atoms with Gasteiger partial charge < -0.3 is 19.9 Å². The minimum absolute atomic E-state index is 0.261. The van der Waals surface area contributed by atoms with Gasteiger partial charge in [-0.1, -0.05) is 18.2 Å². The Morgan fingerprint density at radius 1 is 1.14 bits per heavy atom. The normalized spacial score (nSPS) is 14.1. The van der Waals surface area contributed by atoms with Crippen LogP contribution in [-0.4, -0.2) is 58.7 Å². The molecule has 29 heavy (non-hydrogen) atoms. The summed E-state index contributed by atoms with van der Waals surface area (Å²) >= 11 is 0. The first-order chi connectivity index (χ1) is 14.1. The number of carbonyl (C=O) groups is 1. The van der Waals surface area contributed by atoms with Crippen molar-refractivity contribution in [3.63, 3.8) is 0 Å². The van der Waals surface area contributed by atoms with E-state index < -0.39 is 0 Å². The molecule has 4 rings (SSSR count). The average Bonchev–Trinajstić information content (AvgIpc) is 2.74. The van der Waals surface area contributed by atoms with Gasteiger partial charge >= 0.3 is 6.09 Å². The molecule has 1 aliphatic rings. The van der Waals surface area contributed by atoms with Crippen LogP contribution in [-0.2, 0) is 4.74 Å². The third-order valence-corrected chi connectivity index (χ3v) is 4.83. The first-order valence-corrected chi connectivity index (χ1v) is 9.77. The minimum atomic E-state index is -0.261. The van der Waals surface area contributed by atoms with Gasteiger partial charge in [0.05, 0.1) is 17.8 Å². The second kappa shape index (κ2) is 8.30.